The second-order valence-electron chi connectivity index (χ2n) is 6.01. The molecule has 0 heterocycles. The summed E-state index contributed by atoms with van der Waals surface area (Å²) >= 11 is 0. The molecule has 0 atom stereocenters. The Labute approximate surface area is 143 Å². The number of amides is 1. The van der Waals surface area contributed by atoms with Gasteiger partial charge in [-0.05, 0) is 63.1 Å². The predicted molar refractivity (Wildman–Crippen MR) is 95.8 cm³/mol. The fourth-order valence-electron chi connectivity index (χ4n) is 2.26. The summed E-state index contributed by atoms with van der Waals surface area (Å²) in [7, 11) is -3.63. The van der Waals surface area contributed by atoms with Gasteiger partial charge in [-0.2, -0.15) is 0 Å². The van der Waals surface area contributed by atoms with E-state index in [-0.39, 0.29) is 16.8 Å². The van der Waals surface area contributed by atoms with Crippen molar-refractivity contribution < 1.29 is 13.2 Å². The highest BCUT2D eigenvalue weighted by molar-refractivity contribution is 7.89. The lowest BCUT2D eigenvalue weighted by Crippen LogP contribution is -2.30. The van der Waals surface area contributed by atoms with E-state index in [0.717, 1.165) is 11.1 Å². The Kier molecular flexibility index (Phi) is 5.41. The molecule has 128 valence electrons. The quantitative estimate of drug-likeness (QED) is 0.873. The van der Waals surface area contributed by atoms with Gasteiger partial charge in [0, 0.05) is 17.3 Å². The lowest BCUT2D eigenvalue weighted by Gasteiger charge is -2.12. The second-order valence-corrected chi connectivity index (χ2v) is 7.72. The summed E-state index contributed by atoms with van der Waals surface area (Å²) in [5, 5.41) is 2.83. The number of hydrogen-bond donors (Lipinski definition) is 2. The molecule has 0 aliphatic heterocycles. The smallest absolute Gasteiger partial charge is 0.255 e. The summed E-state index contributed by atoms with van der Waals surface area (Å²) in [6.45, 7) is 7.39. The average molecular weight is 346 g/mol. The van der Waals surface area contributed by atoms with E-state index >= 15 is 0 Å². The fourth-order valence-corrected chi connectivity index (χ4v) is 3.56. The van der Waals surface area contributed by atoms with E-state index in [1.54, 1.807) is 26.0 Å². The van der Waals surface area contributed by atoms with Crippen LogP contribution in [-0.4, -0.2) is 20.4 Å². The number of anilines is 1. The first-order chi connectivity index (χ1) is 11.2. The van der Waals surface area contributed by atoms with Crippen LogP contribution in [0.4, 0.5) is 5.69 Å². The summed E-state index contributed by atoms with van der Waals surface area (Å²) in [4.78, 5) is 12.5. The lowest BCUT2D eigenvalue weighted by molar-refractivity contribution is 0.102. The zero-order chi connectivity index (χ0) is 17.9. The molecule has 0 spiro atoms. The van der Waals surface area contributed by atoms with E-state index < -0.39 is 10.0 Å². The minimum absolute atomic E-state index is 0.0739. The van der Waals surface area contributed by atoms with Crippen molar-refractivity contribution in [3.63, 3.8) is 0 Å². The molecule has 0 saturated heterocycles. The van der Waals surface area contributed by atoms with Crippen molar-refractivity contribution in [3.8, 4) is 0 Å². The molecule has 24 heavy (non-hydrogen) atoms. The molecule has 0 bridgehead atoms. The number of nitrogens with one attached hydrogen (secondary N) is 2. The number of sulfonamides is 1. The zero-order valence-electron chi connectivity index (χ0n) is 14.3. The highest BCUT2D eigenvalue weighted by atomic mass is 32.2. The van der Waals surface area contributed by atoms with Gasteiger partial charge < -0.3 is 5.32 Å². The van der Waals surface area contributed by atoms with Gasteiger partial charge in [0.2, 0.25) is 10.0 Å². The van der Waals surface area contributed by atoms with Crippen LogP contribution in [-0.2, 0) is 10.0 Å². The Morgan fingerprint density at radius 1 is 1.04 bits per heavy atom. The van der Waals surface area contributed by atoms with Crippen LogP contribution in [0.15, 0.2) is 47.4 Å². The SMILES string of the molecule is Cc1cccc(NC(=O)c2cccc(S(=O)(=O)NC(C)C)c2)c1C. The monoisotopic (exact) mass is 346 g/mol. The van der Waals surface area contributed by atoms with E-state index in [4.69, 9.17) is 0 Å². The molecule has 2 aromatic rings. The molecule has 0 aromatic heterocycles. The highest BCUT2D eigenvalue weighted by Crippen LogP contribution is 2.19. The summed E-state index contributed by atoms with van der Waals surface area (Å²) in [6, 6.07) is 11.4. The number of rotatable bonds is 5. The average Bonchev–Trinajstić information content (AvgIpc) is 2.51. The standard InChI is InChI=1S/C18H22N2O3S/c1-12(2)20-24(22,23)16-9-6-8-15(11-16)18(21)19-17-10-5-7-13(3)14(17)4/h5-12,20H,1-4H3,(H,19,21). The molecule has 2 rings (SSSR count). The van der Waals surface area contributed by atoms with Gasteiger partial charge in [-0.15, -0.1) is 0 Å². The van der Waals surface area contributed by atoms with Gasteiger partial charge in [0.05, 0.1) is 4.90 Å². The van der Waals surface area contributed by atoms with Crippen LogP contribution in [0.25, 0.3) is 0 Å². The molecular formula is C18H22N2O3S. The topological polar surface area (TPSA) is 75.3 Å². The van der Waals surface area contributed by atoms with Crippen LogP contribution in [0.1, 0.15) is 35.3 Å². The van der Waals surface area contributed by atoms with Gasteiger partial charge in [-0.1, -0.05) is 18.2 Å². The Balaban J connectivity index is 2.28. The molecule has 1 amide bonds. The van der Waals surface area contributed by atoms with E-state index in [2.05, 4.69) is 10.0 Å². The van der Waals surface area contributed by atoms with Gasteiger partial charge in [0.25, 0.3) is 5.91 Å². The molecule has 6 heteroatoms. The molecule has 2 aromatic carbocycles. The van der Waals surface area contributed by atoms with Gasteiger partial charge in [0.1, 0.15) is 0 Å². The first-order valence-electron chi connectivity index (χ1n) is 7.70. The molecule has 0 fully saturated rings. The van der Waals surface area contributed by atoms with Crippen molar-refractivity contribution in [2.45, 2.75) is 38.6 Å². The van der Waals surface area contributed by atoms with Crippen LogP contribution in [0, 0.1) is 13.8 Å². The molecule has 0 unspecified atom stereocenters. The van der Waals surface area contributed by atoms with E-state index in [0.29, 0.717) is 11.3 Å². The normalized spacial score (nSPS) is 11.5. The van der Waals surface area contributed by atoms with Crippen LogP contribution < -0.4 is 10.0 Å². The minimum Gasteiger partial charge on any atom is -0.322 e. The van der Waals surface area contributed by atoms with Crippen LogP contribution in [0.5, 0.6) is 0 Å². The predicted octanol–water partition coefficient (Wildman–Crippen LogP) is 3.24. The number of aryl methyl sites for hydroxylation is 1. The van der Waals surface area contributed by atoms with Gasteiger partial charge in [0.15, 0.2) is 0 Å². The third kappa shape index (κ3) is 4.21. The van der Waals surface area contributed by atoms with Crippen LogP contribution in [0.2, 0.25) is 0 Å². The van der Waals surface area contributed by atoms with Crippen molar-refractivity contribution >= 4 is 21.6 Å². The minimum atomic E-state index is -3.63. The van der Waals surface area contributed by atoms with Crippen molar-refractivity contribution in [1.29, 1.82) is 0 Å². The summed E-state index contributed by atoms with van der Waals surface area (Å²) < 4.78 is 27.0. The van der Waals surface area contributed by atoms with Gasteiger partial charge in [-0.25, -0.2) is 13.1 Å². The summed E-state index contributed by atoms with van der Waals surface area (Å²) in [6.07, 6.45) is 0. The number of benzene rings is 2. The molecule has 2 N–H and O–H groups in total. The third-order valence-corrected chi connectivity index (χ3v) is 5.31. The Morgan fingerprint density at radius 2 is 1.71 bits per heavy atom. The van der Waals surface area contributed by atoms with E-state index in [1.807, 2.05) is 32.0 Å². The molecule has 0 saturated carbocycles. The zero-order valence-corrected chi connectivity index (χ0v) is 15.1. The van der Waals surface area contributed by atoms with Crippen LogP contribution in [0.3, 0.4) is 0 Å². The molecule has 0 aliphatic carbocycles. The van der Waals surface area contributed by atoms with Gasteiger partial charge >= 0.3 is 0 Å². The maximum Gasteiger partial charge on any atom is 0.255 e. The van der Waals surface area contributed by atoms with Crippen molar-refractivity contribution in [2.24, 2.45) is 0 Å². The summed E-state index contributed by atoms with van der Waals surface area (Å²) in [5.41, 5.74) is 3.07. The molecule has 5 nitrogen and oxygen atoms in total. The molecule has 0 aliphatic rings. The fraction of sp³-hybridized carbons (Fsp3) is 0.278. The highest BCUT2D eigenvalue weighted by Gasteiger charge is 2.17. The maximum atomic E-state index is 12.5. The molecule has 0 radical (unpaired) electrons. The largest absolute Gasteiger partial charge is 0.322 e. The Bertz CT molecular complexity index is 858. The third-order valence-electron chi connectivity index (χ3n) is 3.65. The Morgan fingerprint density at radius 3 is 2.38 bits per heavy atom. The number of carbonyl (C=O) groups excluding carboxylic acids is 1. The Hall–Kier alpha value is -2.18. The van der Waals surface area contributed by atoms with E-state index in [1.165, 1.54) is 12.1 Å². The van der Waals surface area contributed by atoms with Crippen LogP contribution >= 0.6 is 0 Å². The number of carbonyl (C=O) groups is 1. The maximum absolute atomic E-state index is 12.5. The summed E-state index contributed by atoms with van der Waals surface area (Å²) in [5.74, 6) is -0.342. The lowest BCUT2D eigenvalue weighted by atomic mass is 10.1. The van der Waals surface area contributed by atoms with Crippen molar-refractivity contribution in [1.82, 2.24) is 4.72 Å². The number of hydrogen-bond acceptors (Lipinski definition) is 3. The molecular weight excluding hydrogens is 324 g/mol. The van der Waals surface area contributed by atoms with E-state index in [9.17, 15) is 13.2 Å². The van der Waals surface area contributed by atoms with Crippen molar-refractivity contribution in [2.75, 3.05) is 5.32 Å². The first kappa shape index (κ1) is 18.2. The van der Waals surface area contributed by atoms with Crippen molar-refractivity contribution in [3.05, 3.63) is 59.2 Å². The second kappa shape index (κ2) is 7.15. The first-order valence-corrected chi connectivity index (χ1v) is 9.19. The van der Waals surface area contributed by atoms with Gasteiger partial charge in [-0.3, -0.25) is 4.79 Å².